The standard InChI is InChI=1S/C30H32O17/c1-11-23(37)25(39)27(41)29(43-11)47-28-26(40)24(38)19(10-42-21(36)9-20(34)35)46-30(28)44-14-6-15(32)22-16(33)8-17(45-18(22)7-14)12-2-4-13(31)5-3-12/h2-8,11,19,23-32,37-41H,9-10H2,1H3,(H,34,35). The average Bonchev–Trinajstić information content (AvgIpc) is 3.01. The van der Waals surface area contributed by atoms with Crippen LogP contribution in [-0.2, 0) is 28.5 Å². The lowest BCUT2D eigenvalue weighted by atomic mass is 9.97. The molecular formula is C30H32O17. The van der Waals surface area contributed by atoms with Crippen molar-refractivity contribution in [3.63, 3.8) is 0 Å². The molecule has 2 aromatic carbocycles. The first-order chi connectivity index (χ1) is 22.2. The minimum Gasteiger partial charge on any atom is -0.508 e. The summed E-state index contributed by atoms with van der Waals surface area (Å²) < 4.78 is 33.5. The molecule has 1 aromatic heterocycles. The number of hydrogen-bond donors (Lipinski definition) is 8. The third-order valence-electron chi connectivity index (χ3n) is 7.64. The van der Waals surface area contributed by atoms with Crippen molar-refractivity contribution in [2.45, 2.75) is 74.8 Å². The third-order valence-corrected chi connectivity index (χ3v) is 7.64. The highest BCUT2D eigenvalue weighted by molar-refractivity contribution is 5.90. The van der Waals surface area contributed by atoms with E-state index >= 15 is 0 Å². The SMILES string of the molecule is CC1OC(OC2C(Oc3cc(O)c4c(=O)cc(-c5ccc(O)cc5)oc4c3)OC(COC(=O)CC(=O)O)C(O)C2O)C(O)C(O)C1O. The monoisotopic (exact) mass is 664 g/mol. The number of carbonyl (C=O) groups excluding carboxylic acids is 1. The van der Waals surface area contributed by atoms with Crippen LogP contribution in [0.3, 0.4) is 0 Å². The molecule has 2 aliphatic heterocycles. The quantitative estimate of drug-likeness (QED) is 0.0998. The highest BCUT2D eigenvalue weighted by Crippen LogP contribution is 2.35. The van der Waals surface area contributed by atoms with Gasteiger partial charge in [0.15, 0.2) is 17.8 Å². The summed E-state index contributed by atoms with van der Waals surface area (Å²) in [5.41, 5.74) is -0.351. The first-order valence-corrected chi connectivity index (χ1v) is 14.2. The molecule has 254 valence electrons. The summed E-state index contributed by atoms with van der Waals surface area (Å²) in [5, 5.41) is 81.5. The lowest BCUT2D eigenvalue weighted by Gasteiger charge is -2.45. The Morgan fingerprint density at radius 3 is 2.23 bits per heavy atom. The Labute approximate surface area is 264 Å². The minimum absolute atomic E-state index is 0.0250. The summed E-state index contributed by atoms with van der Waals surface area (Å²) in [5.74, 6) is -3.39. The number of rotatable bonds is 9. The van der Waals surface area contributed by atoms with Gasteiger partial charge in [0.25, 0.3) is 0 Å². The van der Waals surface area contributed by atoms with Crippen molar-refractivity contribution >= 4 is 22.9 Å². The second-order valence-corrected chi connectivity index (χ2v) is 11.0. The Kier molecular flexibility index (Phi) is 9.99. The fourth-order valence-electron chi connectivity index (χ4n) is 5.13. The second kappa shape index (κ2) is 13.8. The van der Waals surface area contributed by atoms with Crippen LogP contribution in [0.5, 0.6) is 17.2 Å². The summed E-state index contributed by atoms with van der Waals surface area (Å²) in [7, 11) is 0. The topological polar surface area (TPSA) is 272 Å². The zero-order valence-electron chi connectivity index (χ0n) is 24.5. The van der Waals surface area contributed by atoms with Crippen molar-refractivity contribution in [3.05, 3.63) is 52.7 Å². The molecule has 5 rings (SSSR count). The molecule has 0 aliphatic carbocycles. The summed E-state index contributed by atoms with van der Waals surface area (Å²) in [6.07, 6.45) is -17.5. The molecule has 0 radical (unpaired) electrons. The Morgan fingerprint density at radius 1 is 0.851 bits per heavy atom. The molecule has 0 spiro atoms. The van der Waals surface area contributed by atoms with Gasteiger partial charge >= 0.3 is 11.9 Å². The van der Waals surface area contributed by atoms with Crippen LogP contribution in [0.1, 0.15) is 13.3 Å². The predicted octanol–water partition coefficient (Wildman–Crippen LogP) is -1.07. The van der Waals surface area contributed by atoms with Gasteiger partial charge in [-0.2, -0.15) is 0 Å². The number of phenolic OH excluding ortho intramolecular Hbond substituents is 2. The Morgan fingerprint density at radius 2 is 1.55 bits per heavy atom. The minimum atomic E-state index is -1.92. The van der Waals surface area contributed by atoms with Crippen LogP contribution in [0, 0.1) is 0 Å². The number of aromatic hydroxyl groups is 2. The highest BCUT2D eigenvalue weighted by atomic mass is 16.8. The summed E-state index contributed by atoms with van der Waals surface area (Å²) in [6.45, 7) is 0.640. The number of aliphatic hydroxyl groups excluding tert-OH is 5. The van der Waals surface area contributed by atoms with Crippen molar-refractivity contribution in [1.29, 1.82) is 0 Å². The molecule has 2 aliphatic rings. The summed E-state index contributed by atoms with van der Waals surface area (Å²) >= 11 is 0. The molecule has 2 saturated heterocycles. The van der Waals surface area contributed by atoms with Crippen molar-refractivity contribution in [2.75, 3.05) is 6.61 Å². The lowest BCUT2D eigenvalue weighted by molar-refractivity contribution is -0.354. The number of ether oxygens (including phenoxy) is 5. The van der Waals surface area contributed by atoms with E-state index in [1.54, 1.807) is 0 Å². The molecule has 17 heteroatoms. The van der Waals surface area contributed by atoms with Gasteiger partial charge in [-0.1, -0.05) is 0 Å². The number of carbonyl (C=O) groups is 2. The molecule has 3 aromatic rings. The summed E-state index contributed by atoms with van der Waals surface area (Å²) in [4.78, 5) is 35.5. The number of hydrogen-bond acceptors (Lipinski definition) is 16. The normalized spacial score (nSPS) is 30.9. The number of carboxylic acid groups (broad SMARTS) is 1. The van der Waals surface area contributed by atoms with E-state index in [-0.39, 0.29) is 28.2 Å². The smallest absolute Gasteiger partial charge is 0.317 e. The van der Waals surface area contributed by atoms with E-state index in [0.717, 1.165) is 12.1 Å². The van der Waals surface area contributed by atoms with E-state index in [0.29, 0.717) is 5.56 Å². The number of benzene rings is 2. The number of esters is 1. The van der Waals surface area contributed by atoms with Crippen molar-refractivity contribution in [3.8, 4) is 28.6 Å². The lowest BCUT2D eigenvalue weighted by Crippen LogP contribution is -2.64. The molecule has 17 nitrogen and oxygen atoms in total. The molecular weight excluding hydrogens is 632 g/mol. The van der Waals surface area contributed by atoms with Gasteiger partial charge in [-0.25, -0.2) is 0 Å². The molecule has 10 unspecified atom stereocenters. The maximum atomic E-state index is 12.9. The van der Waals surface area contributed by atoms with Gasteiger partial charge in [0.05, 0.1) is 6.10 Å². The van der Waals surface area contributed by atoms with E-state index in [9.17, 15) is 50.1 Å². The van der Waals surface area contributed by atoms with E-state index in [4.69, 9.17) is 33.2 Å². The Bertz CT molecular complexity index is 1650. The molecule has 0 amide bonds. The Hall–Kier alpha value is -4.33. The average molecular weight is 665 g/mol. The van der Waals surface area contributed by atoms with Gasteiger partial charge < -0.3 is 69.0 Å². The molecule has 0 saturated carbocycles. The van der Waals surface area contributed by atoms with Crippen LogP contribution in [0.15, 0.2) is 51.7 Å². The van der Waals surface area contributed by atoms with Crippen LogP contribution < -0.4 is 10.2 Å². The largest absolute Gasteiger partial charge is 0.508 e. The number of aliphatic carboxylic acids is 1. The highest BCUT2D eigenvalue weighted by Gasteiger charge is 2.51. The number of fused-ring (bicyclic) bond motifs is 1. The maximum Gasteiger partial charge on any atom is 0.317 e. The fraction of sp³-hybridized carbons (Fsp3) is 0.433. The Balaban J connectivity index is 1.47. The first kappa shape index (κ1) is 34.0. The zero-order valence-corrected chi connectivity index (χ0v) is 24.5. The van der Waals surface area contributed by atoms with Gasteiger partial charge in [-0.05, 0) is 31.2 Å². The van der Waals surface area contributed by atoms with E-state index in [2.05, 4.69) is 0 Å². The van der Waals surface area contributed by atoms with Crippen LogP contribution in [0.25, 0.3) is 22.3 Å². The van der Waals surface area contributed by atoms with Crippen LogP contribution in [-0.4, -0.2) is 121 Å². The fourth-order valence-corrected chi connectivity index (χ4v) is 5.13. The number of phenols is 2. The molecule has 0 bridgehead atoms. The molecule has 2 fully saturated rings. The van der Waals surface area contributed by atoms with Gasteiger partial charge in [0.1, 0.15) is 83.6 Å². The van der Waals surface area contributed by atoms with Gasteiger partial charge in [0, 0.05) is 23.8 Å². The van der Waals surface area contributed by atoms with E-state index in [1.807, 2.05) is 0 Å². The third kappa shape index (κ3) is 7.32. The molecule has 10 atom stereocenters. The van der Waals surface area contributed by atoms with E-state index < -0.39 is 97.6 Å². The zero-order chi connectivity index (χ0) is 34.2. The number of aliphatic hydroxyl groups is 5. The van der Waals surface area contributed by atoms with Crippen LogP contribution in [0.2, 0.25) is 0 Å². The van der Waals surface area contributed by atoms with E-state index in [1.165, 1.54) is 37.3 Å². The van der Waals surface area contributed by atoms with Crippen molar-refractivity contribution in [1.82, 2.24) is 0 Å². The molecule has 8 N–H and O–H groups in total. The number of carboxylic acids is 1. The first-order valence-electron chi connectivity index (χ1n) is 14.2. The predicted molar refractivity (Wildman–Crippen MR) is 153 cm³/mol. The maximum absolute atomic E-state index is 12.9. The molecule has 3 heterocycles. The van der Waals surface area contributed by atoms with Gasteiger partial charge in [0.2, 0.25) is 6.29 Å². The second-order valence-electron chi connectivity index (χ2n) is 11.0. The van der Waals surface area contributed by atoms with Gasteiger partial charge in [-0.3, -0.25) is 14.4 Å². The van der Waals surface area contributed by atoms with Crippen molar-refractivity contribution < 1.29 is 78.5 Å². The van der Waals surface area contributed by atoms with Crippen molar-refractivity contribution in [2.24, 2.45) is 0 Å². The van der Waals surface area contributed by atoms with Gasteiger partial charge in [-0.15, -0.1) is 0 Å². The molecule has 47 heavy (non-hydrogen) atoms. The summed E-state index contributed by atoms with van der Waals surface area (Å²) in [6, 6.07) is 9.10. The van der Waals surface area contributed by atoms with Crippen LogP contribution >= 0.6 is 0 Å². The van der Waals surface area contributed by atoms with Crippen LogP contribution in [0.4, 0.5) is 0 Å².